The molecule has 0 atom stereocenters. The number of ether oxygens (including phenoxy) is 1. The Kier molecular flexibility index (Phi) is 7.14. The molecule has 4 aromatic rings. The van der Waals surface area contributed by atoms with Crippen molar-refractivity contribution in [3.8, 4) is 11.3 Å². The minimum atomic E-state index is -0.416. The molecule has 0 bridgehead atoms. The average molecular weight is 537 g/mol. The number of fused-ring (bicyclic) bond motifs is 1. The van der Waals surface area contributed by atoms with Crippen molar-refractivity contribution in [3.63, 3.8) is 0 Å². The molecule has 0 radical (unpaired) electrons. The second-order valence-corrected chi connectivity index (χ2v) is 10.3. The summed E-state index contributed by atoms with van der Waals surface area (Å²) in [6.07, 6.45) is 0.421. The van der Waals surface area contributed by atoms with Crippen LogP contribution in [0.5, 0.6) is 0 Å². The molecule has 0 aliphatic carbocycles. The van der Waals surface area contributed by atoms with Crippen molar-refractivity contribution < 1.29 is 14.3 Å². The summed E-state index contributed by atoms with van der Waals surface area (Å²) >= 11 is 4.90. The van der Waals surface area contributed by atoms with Crippen molar-refractivity contribution in [2.75, 3.05) is 5.32 Å². The van der Waals surface area contributed by atoms with E-state index in [4.69, 9.17) is 9.72 Å². The molecule has 7 heteroatoms. The molecular formula is C27H25BrN2O3S. The normalized spacial score (nSPS) is 11.1. The standard InChI is InChI=1S/C27H25BrN2O3S/c1-5-19-16(4)34-26(24(19)27(32)33-15(2)3)30-25(31)21-14-23(17-9-8-10-18(28)13-17)29-22-12-7-6-11-20(21)22/h6-15H,5H2,1-4H3,(H,30,31). The maximum atomic E-state index is 13.6. The molecule has 1 N–H and O–H groups in total. The van der Waals surface area contributed by atoms with Crippen molar-refractivity contribution in [2.45, 2.75) is 40.2 Å². The largest absolute Gasteiger partial charge is 0.459 e. The van der Waals surface area contributed by atoms with Crippen LogP contribution < -0.4 is 5.32 Å². The summed E-state index contributed by atoms with van der Waals surface area (Å²) in [6.45, 7) is 7.58. The van der Waals surface area contributed by atoms with Gasteiger partial charge in [0.15, 0.2) is 0 Å². The van der Waals surface area contributed by atoms with E-state index in [-0.39, 0.29) is 12.0 Å². The van der Waals surface area contributed by atoms with E-state index in [1.54, 1.807) is 6.07 Å². The Morgan fingerprint density at radius 3 is 2.59 bits per heavy atom. The molecule has 0 fully saturated rings. The van der Waals surface area contributed by atoms with E-state index in [9.17, 15) is 9.59 Å². The number of amides is 1. The summed E-state index contributed by atoms with van der Waals surface area (Å²) < 4.78 is 6.41. The lowest BCUT2D eigenvalue weighted by Gasteiger charge is -2.13. The number of aryl methyl sites for hydroxylation is 1. The Morgan fingerprint density at radius 2 is 1.88 bits per heavy atom. The van der Waals surface area contributed by atoms with Crippen LogP contribution in [-0.4, -0.2) is 23.0 Å². The monoisotopic (exact) mass is 536 g/mol. The molecule has 0 spiro atoms. The first-order chi connectivity index (χ1) is 16.3. The Hall–Kier alpha value is -3.03. The quantitative estimate of drug-likeness (QED) is 0.260. The number of nitrogens with one attached hydrogen (secondary N) is 1. The fourth-order valence-corrected chi connectivity index (χ4v) is 5.44. The summed E-state index contributed by atoms with van der Waals surface area (Å²) in [7, 11) is 0. The highest BCUT2D eigenvalue weighted by atomic mass is 79.9. The zero-order valence-electron chi connectivity index (χ0n) is 19.4. The van der Waals surface area contributed by atoms with E-state index in [2.05, 4.69) is 21.2 Å². The van der Waals surface area contributed by atoms with Gasteiger partial charge in [-0.05, 0) is 57.0 Å². The number of anilines is 1. The Morgan fingerprint density at radius 1 is 1.12 bits per heavy atom. The minimum absolute atomic E-state index is 0.252. The molecule has 0 saturated heterocycles. The lowest BCUT2D eigenvalue weighted by molar-refractivity contribution is 0.0378. The van der Waals surface area contributed by atoms with E-state index < -0.39 is 5.97 Å². The molecule has 2 heterocycles. The van der Waals surface area contributed by atoms with E-state index in [0.29, 0.717) is 28.2 Å². The highest BCUT2D eigenvalue weighted by Crippen LogP contribution is 2.35. The summed E-state index contributed by atoms with van der Waals surface area (Å²) in [5.41, 5.74) is 4.16. The number of carbonyl (C=O) groups is 2. The molecule has 0 aliphatic heterocycles. The van der Waals surface area contributed by atoms with Crippen LogP contribution in [0.25, 0.3) is 22.2 Å². The lowest BCUT2D eigenvalue weighted by atomic mass is 10.0. The molecule has 0 saturated carbocycles. The molecule has 2 aromatic heterocycles. The van der Waals surface area contributed by atoms with Gasteiger partial charge in [-0.2, -0.15) is 0 Å². The van der Waals surface area contributed by atoms with Gasteiger partial charge in [-0.1, -0.05) is 53.2 Å². The van der Waals surface area contributed by atoms with Crippen LogP contribution in [0.4, 0.5) is 5.00 Å². The van der Waals surface area contributed by atoms with Gasteiger partial charge in [-0.3, -0.25) is 4.79 Å². The second kappa shape index (κ2) is 10.1. The SMILES string of the molecule is CCc1c(C)sc(NC(=O)c2cc(-c3cccc(Br)c3)nc3ccccc23)c1C(=O)OC(C)C. The van der Waals surface area contributed by atoms with Gasteiger partial charge in [0.1, 0.15) is 5.00 Å². The maximum Gasteiger partial charge on any atom is 0.341 e. The highest BCUT2D eigenvalue weighted by molar-refractivity contribution is 9.10. The van der Waals surface area contributed by atoms with Crippen molar-refractivity contribution >= 4 is 55.0 Å². The summed E-state index contributed by atoms with van der Waals surface area (Å²) in [4.78, 5) is 32.2. The summed E-state index contributed by atoms with van der Waals surface area (Å²) in [6, 6.07) is 17.2. The van der Waals surface area contributed by atoms with Crippen LogP contribution in [0.15, 0.2) is 59.1 Å². The lowest BCUT2D eigenvalue weighted by Crippen LogP contribution is -2.17. The van der Waals surface area contributed by atoms with Crippen molar-refractivity contribution in [3.05, 3.63) is 80.6 Å². The zero-order chi connectivity index (χ0) is 24.4. The molecule has 0 unspecified atom stereocenters. The number of benzene rings is 2. The molecule has 2 aromatic carbocycles. The van der Waals surface area contributed by atoms with Crippen molar-refractivity contribution in [1.82, 2.24) is 4.98 Å². The molecule has 4 rings (SSSR count). The van der Waals surface area contributed by atoms with Crippen LogP contribution in [-0.2, 0) is 11.2 Å². The van der Waals surface area contributed by atoms with E-state index in [0.717, 1.165) is 31.4 Å². The minimum Gasteiger partial charge on any atom is -0.459 e. The van der Waals surface area contributed by atoms with Gasteiger partial charge >= 0.3 is 5.97 Å². The third kappa shape index (κ3) is 4.91. The summed E-state index contributed by atoms with van der Waals surface area (Å²) in [5.74, 6) is -0.710. The van der Waals surface area contributed by atoms with Crippen LogP contribution in [0.3, 0.4) is 0 Å². The topological polar surface area (TPSA) is 68.3 Å². The maximum absolute atomic E-state index is 13.6. The van der Waals surface area contributed by atoms with Crippen LogP contribution in [0, 0.1) is 6.92 Å². The Labute approximate surface area is 211 Å². The van der Waals surface area contributed by atoms with Crippen molar-refractivity contribution in [1.29, 1.82) is 0 Å². The van der Waals surface area contributed by atoms with E-state index in [1.165, 1.54) is 11.3 Å². The number of halogens is 1. The number of esters is 1. The fraction of sp³-hybridized carbons (Fsp3) is 0.222. The van der Waals surface area contributed by atoms with Gasteiger partial charge in [-0.25, -0.2) is 9.78 Å². The van der Waals surface area contributed by atoms with Gasteiger partial charge in [0, 0.05) is 20.3 Å². The smallest absolute Gasteiger partial charge is 0.341 e. The Bertz CT molecular complexity index is 1390. The first-order valence-electron chi connectivity index (χ1n) is 11.1. The predicted molar refractivity (Wildman–Crippen MR) is 142 cm³/mol. The molecule has 5 nitrogen and oxygen atoms in total. The first-order valence-corrected chi connectivity index (χ1v) is 12.7. The third-order valence-electron chi connectivity index (χ3n) is 5.42. The number of rotatable bonds is 6. The van der Waals surface area contributed by atoms with Crippen LogP contribution in [0.2, 0.25) is 0 Å². The average Bonchev–Trinajstić information content (AvgIpc) is 3.12. The number of hydrogen-bond donors (Lipinski definition) is 1. The predicted octanol–water partition coefficient (Wildman–Crippen LogP) is 7.41. The van der Waals surface area contributed by atoms with Crippen LogP contribution in [0.1, 0.15) is 51.9 Å². The third-order valence-corrected chi connectivity index (χ3v) is 6.97. The fourth-order valence-electron chi connectivity index (χ4n) is 3.91. The van der Waals surface area contributed by atoms with Gasteiger partial charge < -0.3 is 10.1 Å². The van der Waals surface area contributed by atoms with Crippen molar-refractivity contribution in [2.24, 2.45) is 0 Å². The highest BCUT2D eigenvalue weighted by Gasteiger charge is 2.25. The number of thiophene rings is 1. The number of pyridine rings is 1. The molecule has 1 amide bonds. The molecule has 34 heavy (non-hydrogen) atoms. The number of para-hydroxylation sites is 1. The molecule has 0 aliphatic rings. The molecular weight excluding hydrogens is 512 g/mol. The van der Waals surface area contributed by atoms with Gasteiger partial charge in [0.25, 0.3) is 5.91 Å². The van der Waals surface area contributed by atoms with E-state index in [1.807, 2.05) is 76.2 Å². The number of nitrogens with zero attached hydrogens (tertiary/aromatic N) is 1. The number of hydrogen-bond acceptors (Lipinski definition) is 5. The summed E-state index contributed by atoms with van der Waals surface area (Å²) in [5, 5.41) is 4.25. The zero-order valence-corrected chi connectivity index (χ0v) is 21.8. The number of carbonyl (C=O) groups excluding carboxylic acids is 2. The first kappa shape index (κ1) is 24.1. The van der Waals surface area contributed by atoms with Gasteiger partial charge in [0.05, 0.1) is 28.4 Å². The van der Waals surface area contributed by atoms with Gasteiger partial charge in [0.2, 0.25) is 0 Å². The van der Waals surface area contributed by atoms with Gasteiger partial charge in [-0.15, -0.1) is 11.3 Å². The number of aromatic nitrogens is 1. The van der Waals surface area contributed by atoms with E-state index >= 15 is 0 Å². The van der Waals surface area contributed by atoms with Crippen LogP contribution >= 0.6 is 27.3 Å². The second-order valence-electron chi connectivity index (χ2n) is 8.19. The molecule has 174 valence electrons. The Balaban J connectivity index is 1.79.